The van der Waals surface area contributed by atoms with Crippen molar-refractivity contribution in [3.63, 3.8) is 0 Å². The Balaban J connectivity index is 1.64. The van der Waals surface area contributed by atoms with Crippen molar-refractivity contribution < 1.29 is 4.21 Å². The summed E-state index contributed by atoms with van der Waals surface area (Å²) in [6.45, 7) is 0.479. The summed E-state index contributed by atoms with van der Waals surface area (Å²) in [5.74, 6) is 0. The molecule has 0 N–H and O–H groups in total. The summed E-state index contributed by atoms with van der Waals surface area (Å²) in [7, 11) is -3.30. The molecule has 1 fully saturated rings. The smallest absolute Gasteiger partial charge is 0.0791 e. The van der Waals surface area contributed by atoms with Crippen LogP contribution in [0.15, 0.2) is 131 Å². The van der Waals surface area contributed by atoms with Crippen LogP contribution in [0.3, 0.4) is 0 Å². The Kier molecular flexibility index (Phi) is 7.76. The summed E-state index contributed by atoms with van der Waals surface area (Å²) in [6.07, 6.45) is 4.33. The van der Waals surface area contributed by atoms with Crippen LogP contribution in [0.4, 0.5) is 0 Å². The van der Waals surface area contributed by atoms with E-state index in [4.69, 9.17) is 4.36 Å². The normalized spacial score (nSPS) is 19.7. The molecule has 0 saturated heterocycles. The molecule has 1 aliphatic rings. The number of nitrogens with zero attached hydrogens (tertiary/aromatic N) is 1. The van der Waals surface area contributed by atoms with Gasteiger partial charge >= 0.3 is 0 Å². The Labute approximate surface area is 211 Å². The molecule has 4 heteroatoms. The predicted molar refractivity (Wildman–Crippen MR) is 151 cm³/mol. The Morgan fingerprint density at radius 1 is 0.657 bits per heavy atom. The minimum absolute atomic E-state index is 0.0221. The minimum Gasteiger partial charge on any atom is -0.244 e. The van der Waals surface area contributed by atoms with E-state index in [2.05, 4.69) is 72.8 Å². The van der Waals surface area contributed by atoms with Crippen molar-refractivity contribution in [2.75, 3.05) is 0 Å². The molecule has 4 aromatic carbocycles. The quantitative estimate of drug-likeness (QED) is 0.249. The third-order valence-corrected chi connectivity index (χ3v) is 12.9. The van der Waals surface area contributed by atoms with Crippen molar-refractivity contribution in [1.29, 1.82) is 0 Å². The lowest BCUT2D eigenvalue weighted by Gasteiger charge is -2.39. The summed E-state index contributed by atoms with van der Waals surface area (Å²) < 4.78 is 20.2. The second kappa shape index (κ2) is 11.3. The molecule has 178 valence electrons. The standard InChI is InChI=1S/C31H32NOPS/c33-35(29-21-11-4-12-22-29,32-25-26-15-5-1-6-16-26)31-24-14-13-23-30(31)34(27-17-7-2-8-18-27)28-19-9-3-10-20-28/h1-12,15-22,30-31H,13-14,23-25H2/t30-,31-,35-/m1/s1. The molecule has 0 bridgehead atoms. The summed E-state index contributed by atoms with van der Waals surface area (Å²) >= 11 is 0. The molecule has 0 spiro atoms. The molecule has 4 aromatic rings. The molecule has 0 amide bonds. The topological polar surface area (TPSA) is 29.4 Å². The van der Waals surface area contributed by atoms with E-state index in [-0.39, 0.29) is 5.25 Å². The van der Waals surface area contributed by atoms with Crippen molar-refractivity contribution in [2.24, 2.45) is 4.36 Å². The van der Waals surface area contributed by atoms with Gasteiger partial charge in [-0.05, 0) is 49.1 Å². The van der Waals surface area contributed by atoms with Crippen LogP contribution in [0.2, 0.25) is 0 Å². The average Bonchev–Trinajstić information content (AvgIpc) is 2.94. The summed E-state index contributed by atoms with van der Waals surface area (Å²) in [6, 6.07) is 42.0. The SMILES string of the molecule is O=[S@](=NCc1ccccc1)(c1ccccc1)[C@@H]1CCCC[C@H]1P(c1ccccc1)c1ccccc1. The van der Waals surface area contributed by atoms with E-state index in [0.29, 0.717) is 12.2 Å². The van der Waals surface area contributed by atoms with Gasteiger partial charge < -0.3 is 0 Å². The molecular weight excluding hydrogens is 465 g/mol. The van der Waals surface area contributed by atoms with Gasteiger partial charge in [-0.25, -0.2) is 8.57 Å². The molecule has 1 aliphatic carbocycles. The molecule has 0 heterocycles. The van der Waals surface area contributed by atoms with Gasteiger partial charge in [0.15, 0.2) is 0 Å². The molecule has 35 heavy (non-hydrogen) atoms. The Morgan fingerprint density at radius 2 is 1.14 bits per heavy atom. The van der Waals surface area contributed by atoms with Crippen LogP contribution in [0.1, 0.15) is 31.2 Å². The first-order chi connectivity index (χ1) is 17.3. The van der Waals surface area contributed by atoms with Crippen molar-refractivity contribution in [3.05, 3.63) is 127 Å². The van der Waals surface area contributed by atoms with Gasteiger partial charge in [0.1, 0.15) is 0 Å². The molecule has 1 saturated carbocycles. The van der Waals surface area contributed by atoms with Crippen molar-refractivity contribution >= 4 is 28.3 Å². The lowest BCUT2D eigenvalue weighted by atomic mass is 9.99. The molecule has 0 unspecified atom stereocenters. The first kappa shape index (κ1) is 24.0. The zero-order chi connectivity index (χ0) is 23.9. The van der Waals surface area contributed by atoms with Gasteiger partial charge in [0.25, 0.3) is 0 Å². The van der Waals surface area contributed by atoms with Gasteiger partial charge in [0.2, 0.25) is 0 Å². The molecule has 0 aliphatic heterocycles. The zero-order valence-electron chi connectivity index (χ0n) is 19.9. The summed E-state index contributed by atoms with van der Waals surface area (Å²) in [5, 5.41) is 2.75. The second-order valence-corrected chi connectivity index (χ2v) is 14.0. The van der Waals surface area contributed by atoms with Gasteiger partial charge in [0, 0.05) is 10.6 Å². The van der Waals surface area contributed by atoms with E-state index in [1.807, 2.05) is 48.5 Å². The van der Waals surface area contributed by atoms with Crippen molar-refractivity contribution in [2.45, 2.75) is 48.0 Å². The first-order valence-electron chi connectivity index (χ1n) is 12.5. The number of hydrogen-bond donors (Lipinski definition) is 0. The van der Waals surface area contributed by atoms with E-state index in [0.717, 1.165) is 29.7 Å². The Bertz CT molecular complexity index is 1280. The van der Waals surface area contributed by atoms with E-state index in [1.54, 1.807) is 0 Å². The maximum atomic E-state index is 15.1. The predicted octanol–water partition coefficient (Wildman–Crippen LogP) is 7.16. The van der Waals surface area contributed by atoms with E-state index < -0.39 is 17.7 Å². The fourth-order valence-corrected chi connectivity index (χ4v) is 11.6. The third kappa shape index (κ3) is 5.42. The maximum Gasteiger partial charge on any atom is 0.0791 e. The molecule has 3 atom stereocenters. The molecule has 5 rings (SSSR count). The lowest BCUT2D eigenvalue weighted by Crippen LogP contribution is -2.39. The van der Waals surface area contributed by atoms with Crippen LogP contribution in [0.5, 0.6) is 0 Å². The van der Waals surface area contributed by atoms with Crippen LogP contribution in [0, 0.1) is 0 Å². The van der Waals surface area contributed by atoms with Crippen LogP contribution in [-0.4, -0.2) is 15.1 Å². The fourth-order valence-electron chi connectivity index (χ4n) is 5.17. The lowest BCUT2D eigenvalue weighted by molar-refractivity contribution is 0.509. The second-order valence-electron chi connectivity index (χ2n) is 9.09. The maximum absolute atomic E-state index is 15.1. The van der Waals surface area contributed by atoms with Crippen molar-refractivity contribution in [1.82, 2.24) is 0 Å². The van der Waals surface area contributed by atoms with Gasteiger partial charge in [-0.1, -0.05) is 122 Å². The first-order valence-corrected chi connectivity index (χ1v) is 15.4. The number of benzene rings is 4. The Hall–Kier alpha value is -2.74. The molecule has 0 aromatic heterocycles. The highest BCUT2D eigenvalue weighted by molar-refractivity contribution is 7.95. The third-order valence-electron chi connectivity index (χ3n) is 6.84. The zero-order valence-corrected chi connectivity index (χ0v) is 21.7. The van der Waals surface area contributed by atoms with E-state index in [9.17, 15) is 0 Å². The highest BCUT2D eigenvalue weighted by Gasteiger charge is 2.40. The van der Waals surface area contributed by atoms with Crippen LogP contribution in [0.25, 0.3) is 0 Å². The largest absolute Gasteiger partial charge is 0.244 e. The molecular formula is C31H32NOPS. The van der Waals surface area contributed by atoms with Gasteiger partial charge in [-0.3, -0.25) is 0 Å². The average molecular weight is 498 g/mol. The molecule has 0 radical (unpaired) electrons. The van der Waals surface area contributed by atoms with Crippen LogP contribution < -0.4 is 10.6 Å². The van der Waals surface area contributed by atoms with Gasteiger partial charge in [0.05, 0.1) is 21.5 Å². The summed E-state index contributed by atoms with van der Waals surface area (Å²) in [4.78, 5) is 0.879. The van der Waals surface area contributed by atoms with Gasteiger partial charge in [-0.15, -0.1) is 0 Å². The monoisotopic (exact) mass is 497 g/mol. The number of hydrogen-bond acceptors (Lipinski definition) is 2. The van der Waals surface area contributed by atoms with E-state index in [1.165, 1.54) is 17.0 Å². The van der Waals surface area contributed by atoms with Crippen LogP contribution in [-0.2, 0) is 16.3 Å². The highest BCUT2D eigenvalue weighted by atomic mass is 32.2. The van der Waals surface area contributed by atoms with Crippen molar-refractivity contribution in [3.8, 4) is 0 Å². The molecule has 2 nitrogen and oxygen atoms in total. The fraction of sp³-hybridized carbons (Fsp3) is 0.226. The number of rotatable bonds is 7. The van der Waals surface area contributed by atoms with Gasteiger partial charge in [-0.2, -0.15) is 0 Å². The highest BCUT2D eigenvalue weighted by Crippen LogP contribution is 2.49. The van der Waals surface area contributed by atoms with E-state index >= 15 is 4.21 Å². The van der Waals surface area contributed by atoms with Crippen LogP contribution >= 0.6 is 7.92 Å². The summed E-state index contributed by atoms with van der Waals surface area (Å²) in [5.41, 5.74) is 1.42. The Morgan fingerprint density at radius 3 is 1.71 bits per heavy atom. The minimum atomic E-state index is -2.64.